The lowest BCUT2D eigenvalue weighted by Crippen LogP contribution is -2.16. The van der Waals surface area contributed by atoms with Crippen LogP contribution in [0.1, 0.15) is 29.5 Å². The first-order chi connectivity index (χ1) is 11.9. The van der Waals surface area contributed by atoms with E-state index in [0.717, 1.165) is 17.5 Å². The smallest absolute Gasteiger partial charge is 0.183 e. The molecule has 0 aliphatic heterocycles. The van der Waals surface area contributed by atoms with E-state index in [1.807, 2.05) is 44.2 Å². The van der Waals surface area contributed by atoms with Crippen molar-refractivity contribution in [1.82, 2.24) is 0 Å². The molecule has 0 aromatic heterocycles. The highest BCUT2D eigenvalue weighted by molar-refractivity contribution is 7.92. The summed E-state index contributed by atoms with van der Waals surface area (Å²) < 4.78 is 26.1. The Morgan fingerprint density at radius 1 is 1.12 bits per heavy atom. The summed E-state index contributed by atoms with van der Waals surface area (Å²) in [6.07, 6.45) is 1.37. The molecule has 0 unspecified atom stereocenters. The van der Waals surface area contributed by atoms with Gasteiger partial charge in [-0.2, -0.15) is 5.26 Å². The molecule has 5 heteroatoms. The molecule has 25 heavy (non-hydrogen) atoms. The van der Waals surface area contributed by atoms with Gasteiger partial charge in [0, 0.05) is 5.92 Å². The number of hydrogen-bond acceptors (Lipinski definition) is 4. The van der Waals surface area contributed by atoms with Crippen LogP contribution in [0.15, 0.2) is 53.4 Å². The summed E-state index contributed by atoms with van der Waals surface area (Å²) >= 11 is 0. The lowest BCUT2D eigenvalue weighted by Gasteiger charge is -2.05. The molecule has 2 aromatic rings. The quantitative estimate of drug-likeness (QED) is 0.774. The second-order valence-corrected chi connectivity index (χ2v) is 8.58. The molecular formula is C20H19NO3S. The number of aryl methyl sites for hydroxylation is 2. The van der Waals surface area contributed by atoms with Crippen LogP contribution in [0.2, 0.25) is 0 Å². The summed E-state index contributed by atoms with van der Waals surface area (Å²) in [6, 6.07) is 15.9. The largest absolute Gasteiger partial charge is 0.302 e. The minimum atomic E-state index is -3.78. The molecule has 1 saturated carbocycles. The van der Waals surface area contributed by atoms with Gasteiger partial charge < -0.3 is 4.79 Å². The molecule has 128 valence electrons. The number of carbonyl (C=O) groups is 1. The second kappa shape index (κ2) is 6.12. The van der Waals surface area contributed by atoms with Gasteiger partial charge in [0.05, 0.1) is 11.0 Å². The summed E-state index contributed by atoms with van der Waals surface area (Å²) in [4.78, 5) is 11.8. The van der Waals surface area contributed by atoms with Gasteiger partial charge in [-0.25, -0.2) is 8.42 Å². The molecule has 0 saturated heterocycles. The Labute approximate surface area is 148 Å². The highest BCUT2D eigenvalue weighted by atomic mass is 32.2. The molecule has 2 aromatic carbocycles. The Balaban J connectivity index is 2.05. The van der Waals surface area contributed by atoms with E-state index in [0.29, 0.717) is 11.8 Å². The standard InChI is InChI=1S/C20H19NO3S/c1-3-15-6-8-16(9-7-15)18-19(20(18,12-21)13-22)25(23,24)17-10-4-14(2)5-11-17/h4-11,13,18-19H,3H2,1-2H3/t18-,19-,20+/m1/s1. The van der Waals surface area contributed by atoms with Gasteiger partial charge in [0.1, 0.15) is 17.0 Å². The lowest BCUT2D eigenvalue weighted by molar-refractivity contribution is -0.110. The Kier molecular flexibility index (Phi) is 4.26. The Morgan fingerprint density at radius 3 is 2.20 bits per heavy atom. The van der Waals surface area contributed by atoms with E-state index in [9.17, 15) is 18.5 Å². The van der Waals surface area contributed by atoms with Gasteiger partial charge in [-0.15, -0.1) is 0 Å². The zero-order valence-corrected chi connectivity index (χ0v) is 15.0. The molecular weight excluding hydrogens is 334 g/mol. The molecule has 0 radical (unpaired) electrons. The average Bonchev–Trinajstić information content (AvgIpc) is 3.33. The molecule has 0 heterocycles. The predicted molar refractivity (Wildman–Crippen MR) is 94.8 cm³/mol. The normalized spacial score (nSPS) is 25.2. The van der Waals surface area contributed by atoms with Crippen LogP contribution in [-0.4, -0.2) is 20.0 Å². The summed E-state index contributed by atoms with van der Waals surface area (Å²) in [5.74, 6) is -0.632. The van der Waals surface area contributed by atoms with Crippen LogP contribution in [0, 0.1) is 23.7 Å². The molecule has 3 rings (SSSR count). The molecule has 0 bridgehead atoms. The highest BCUT2D eigenvalue weighted by Gasteiger charge is 2.72. The fraction of sp³-hybridized carbons (Fsp3) is 0.300. The monoisotopic (exact) mass is 353 g/mol. The third-order valence-corrected chi connectivity index (χ3v) is 7.26. The Hall–Kier alpha value is -2.45. The summed E-state index contributed by atoms with van der Waals surface area (Å²) in [5, 5.41) is 8.52. The SMILES string of the molecule is CCc1ccc([C@@H]2[C@@H](S(=O)(=O)c3ccc(C)cc3)[C@@]2(C#N)C=O)cc1. The molecule has 1 aliphatic carbocycles. The van der Waals surface area contributed by atoms with Crippen molar-refractivity contribution in [1.29, 1.82) is 5.26 Å². The number of hydrogen-bond donors (Lipinski definition) is 0. The molecule has 1 fully saturated rings. The molecule has 1 aliphatic rings. The zero-order chi connectivity index (χ0) is 18.2. The summed E-state index contributed by atoms with van der Waals surface area (Å²) in [7, 11) is -3.78. The number of rotatable bonds is 5. The Morgan fingerprint density at radius 2 is 1.72 bits per heavy atom. The van der Waals surface area contributed by atoms with Crippen LogP contribution in [0.3, 0.4) is 0 Å². The fourth-order valence-electron chi connectivity index (χ4n) is 3.40. The van der Waals surface area contributed by atoms with Gasteiger partial charge in [0.25, 0.3) is 0 Å². The van der Waals surface area contributed by atoms with E-state index in [1.165, 1.54) is 12.1 Å². The van der Waals surface area contributed by atoms with Crippen molar-refractivity contribution in [3.05, 3.63) is 65.2 Å². The van der Waals surface area contributed by atoms with Gasteiger partial charge >= 0.3 is 0 Å². The van der Waals surface area contributed by atoms with E-state index in [4.69, 9.17) is 0 Å². The van der Waals surface area contributed by atoms with Gasteiger partial charge in [-0.05, 0) is 36.6 Å². The summed E-state index contributed by atoms with van der Waals surface area (Å²) in [5.41, 5.74) is 1.27. The first-order valence-corrected chi connectivity index (χ1v) is 9.72. The van der Waals surface area contributed by atoms with E-state index >= 15 is 0 Å². The van der Waals surface area contributed by atoms with Crippen LogP contribution in [0.25, 0.3) is 0 Å². The molecule has 4 nitrogen and oxygen atoms in total. The number of nitrogens with zero attached hydrogens (tertiary/aromatic N) is 1. The van der Waals surface area contributed by atoms with E-state index in [2.05, 4.69) is 0 Å². The number of carbonyl (C=O) groups excluding carboxylic acids is 1. The topological polar surface area (TPSA) is 75.0 Å². The molecule has 0 spiro atoms. The third-order valence-electron chi connectivity index (χ3n) is 5.00. The number of aldehydes is 1. The zero-order valence-electron chi connectivity index (χ0n) is 14.1. The number of sulfone groups is 1. The van der Waals surface area contributed by atoms with Crippen LogP contribution in [0.5, 0.6) is 0 Å². The van der Waals surface area contributed by atoms with E-state index < -0.39 is 26.4 Å². The average molecular weight is 353 g/mol. The second-order valence-electron chi connectivity index (χ2n) is 6.51. The Bertz CT molecular complexity index is 940. The maximum Gasteiger partial charge on any atom is 0.183 e. The lowest BCUT2D eigenvalue weighted by atomic mass is 10.0. The minimum Gasteiger partial charge on any atom is -0.302 e. The molecule has 3 atom stereocenters. The van der Waals surface area contributed by atoms with Crippen LogP contribution >= 0.6 is 0 Å². The van der Waals surface area contributed by atoms with Crippen molar-refractivity contribution < 1.29 is 13.2 Å². The predicted octanol–water partition coefficient (Wildman–Crippen LogP) is 3.21. The van der Waals surface area contributed by atoms with E-state index in [-0.39, 0.29) is 4.90 Å². The first-order valence-electron chi connectivity index (χ1n) is 8.17. The van der Waals surface area contributed by atoms with Crippen molar-refractivity contribution in [2.75, 3.05) is 0 Å². The third kappa shape index (κ3) is 2.67. The van der Waals surface area contributed by atoms with Crippen molar-refractivity contribution in [3.8, 4) is 6.07 Å². The van der Waals surface area contributed by atoms with Crippen molar-refractivity contribution in [2.24, 2.45) is 5.41 Å². The van der Waals surface area contributed by atoms with Crippen molar-refractivity contribution in [3.63, 3.8) is 0 Å². The van der Waals surface area contributed by atoms with Gasteiger partial charge in [0.2, 0.25) is 0 Å². The summed E-state index contributed by atoms with van der Waals surface area (Å²) in [6.45, 7) is 3.90. The van der Waals surface area contributed by atoms with Crippen LogP contribution in [-0.2, 0) is 21.1 Å². The van der Waals surface area contributed by atoms with Gasteiger partial charge in [0.15, 0.2) is 9.84 Å². The molecule has 0 N–H and O–H groups in total. The highest BCUT2D eigenvalue weighted by Crippen LogP contribution is 2.62. The first kappa shape index (κ1) is 17.4. The van der Waals surface area contributed by atoms with Crippen LogP contribution in [0.4, 0.5) is 0 Å². The van der Waals surface area contributed by atoms with Gasteiger partial charge in [-0.1, -0.05) is 48.9 Å². The maximum absolute atomic E-state index is 13.0. The van der Waals surface area contributed by atoms with Crippen molar-refractivity contribution in [2.45, 2.75) is 36.3 Å². The number of nitriles is 1. The minimum absolute atomic E-state index is 0.150. The maximum atomic E-state index is 13.0. The van der Waals surface area contributed by atoms with Crippen molar-refractivity contribution >= 4 is 16.1 Å². The van der Waals surface area contributed by atoms with Gasteiger partial charge in [-0.3, -0.25) is 0 Å². The number of benzene rings is 2. The molecule has 0 amide bonds. The fourth-order valence-corrected chi connectivity index (χ4v) is 5.63. The van der Waals surface area contributed by atoms with E-state index in [1.54, 1.807) is 12.1 Å². The van der Waals surface area contributed by atoms with Crippen LogP contribution < -0.4 is 0 Å².